The number of aliphatic hydroxyl groups is 2. The largest absolute Gasteiger partial charge is 0.396 e. The van der Waals surface area contributed by atoms with Gasteiger partial charge in [0.25, 0.3) is 5.91 Å². The van der Waals surface area contributed by atoms with E-state index in [0.717, 1.165) is 0 Å². The fourth-order valence-electron chi connectivity index (χ4n) is 2.33. The van der Waals surface area contributed by atoms with Gasteiger partial charge in [-0.2, -0.15) is 0 Å². The maximum absolute atomic E-state index is 12.3. The van der Waals surface area contributed by atoms with E-state index in [4.69, 9.17) is 5.11 Å². The van der Waals surface area contributed by atoms with E-state index in [-0.39, 0.29) is 18.4 Å². The molecular formula is C14H21NO3S. The molecule has 0 saturated carbocycles. The number of likely N-dealkylation sites (tertiary alicyclic amines) is 1. The highest BCUT2D eigenvalue weighted by molar-refractivity contribution is 7.10. The Hall–Kier alpha value is -0.910. The molecule has 1 aliphatic rings. The van der Waals surface area contributed by atoms with Crippen LogP contribution in [0.4, 0.5) is 0 Å². The van der Waals surface area contributed by atoms with Crippen molar-refractivity contribution in [1.82, 2.24) is 4.90 Å². The Morgan fingerprint density at radius 2 is 2.32 bits per heavy atom. The Morgan fingerprint density at radius 1 is 1.58 bits per heavy atom. The zero-order chi connectivity index (χ0) is 14.0. The van der Waals surface area contributed by atoms with Crippen LogP contribution >= 0.6 is 11.3 Å². The van der Waals surface area contributed by atoms with Crippen molar-refractivity contribution in [3.63, 3.8) is 0 Å². The van der Waals surface area contributed by atoms with Gasteiger partial charge in [-0.25, -0.2) is 0 Å². The fourth-order valence-corrected chi connectivity index (χ4v) is 3.23. The van der Waals surface area contributed by atoms with Gasteiger partial charge in [-0.3, -0.25) is 4.79 Å². The van der Waals surface area contributed by atoms with Crippen LogP contribution in [0, 0.1) is 5.92 Å². The van der Waals surface area contributed by atoms with Crippen molar-refractivity contribution in [3.8, 4) is 0 Å². The molecule has 1 aromatic rings. The normalized spacial score (nSPS) is 23.9. The van der Waals surface area contributed by atoms with E-state index in [1.807, 2.05) is 11.4 Å². The highest BCUT2D eigenvalue weighted by Gasteiger charge is 2.30. The molecule has 1 amide bonds. The number of nitrogens with zero attached hydrogens (tertiary/aromatic N) is 1. The summed E-state index contributed by atoms with van der Waals surface area (Å²) in [5.74, 6) is 0.314. The summed E-state index contributed by atoms with van der Waals surface area (Å²) in [5.41, 5.74) is 0.711. The van der Waals surface area contributed by atoms with E-state index < -0.39 is 6.10 Å². The molecular weight excluding hydrogens is 262 g/mol. The minimum absolute atomic E-state index is 0.0147. The van der Waals surface area contributed by atoms with Crippen molar-refractivity contribution in [2.75, 3.05) is 19.7 Å². The molecule has 1 aliphatic heterocycles. The lowest BCUT2D eigenvalue weighted by atomic mass is 9.94. The molecule has 1 fully saturated rings. The summed E-state index contributed by atoms with van der Waals surface area (Å²) in [6.45, 7) is 5.12. The minimum atomic E-state index is -0.620. The van der Waals surface area contributed by atoms with E-state index in [1.165, 1.54) is 4.88 Å². The van der Waals surface area contributed by atoms with E-state index >= 15 is 0 Å². The molecule has 1 aromatic heterocycles. The number of β-amino-alcohol motifs (C(OH)–C–C–N with tert-alkyl or cyclic N) is 1. The molecule has 2 atom stereocenters. The number of hydrogen-bond acceptors (Lipinski definition) is 4. The van der Waals surface area contributed by atoms with Crippen LogP contribution < -0.4 is 0 Å². The third-order valence-corrected chi connectivity index (χ3v) is 4.91. The van der Waals surface area contributed by atoms with E-state index in [2.05, 4.69) is 13.8 Å². The second-order valence-electron chi connectivity index (χ2n) is 5.44. The molecule has 2 heterocycles. The summed E-state index contributed by atoms with van der Waals surface area (Å²) in [7, 11) is 0. The molecule has 4 nitrogen and oxygen atoms in total. The molecule has 0 radical (unpaired) electrons. The summed E-state index contributed by atoms with van der Waals surface area (Å²) in [4.78, 5) is 15.2. The van der Waals surface area contributed by atoms with Crippen LogP contribution in [0.3, 0.4) is 0 Å². The average Bonchev–Trinajstić information content (AvgIpc) is 2.87. The lowest BCUT2D eigenvalue weighted by Gasteiger charge is -2.35. The number of carbonyl (C=O) groups excluding carboxylic acids is 1. The maximum Gasteiger partial charge on any atom is 0.254 e. The Kier molecular flexibility index (Phi) is 4.60. The zero-order valence-corrected chi connectivity index (χ0v) is 12.2. The van der Waals surface area contributed by atoms with Gasteiger partial charge in [-0.15, -0.1) is 11.3 Å². The van der Waals surface area contributed by atoms with Gasteiger partial charge in [0.1, 0.15) is 0 Å². The fraction of sp³-hybridized carbons (Fsp3) is 0.643. The maximum atomic E-state index is 12.3. The van der Waals surface area contributed by atoms with Gasteiger partial charge in [0, 0.05) is 35.9 Å². The van der Waals surface area contributed by atoms with Gasteiger partial charge in [-0.1, -0.05) is 13.8 Å². The number of rotatable bonds is 3. The summed E-state index contributed by atoms with van der Waals surface area (Å²) >= 11 is 1.61. The van der Waals surface area contributed by atoms with Crippen LogP contribution in [-0.2, 0) is 0 Å². The third kappa shape index (κ3) is 3.16. The van der Waals surface area contributed by atoms with Crippen LogP contribution in [0.5, 0.6) is 0 Å². The lowest BCUT2D eigenvalue weighted by molar-refractivity contribution is 0.000896. The molecule has 0 aliphatic carbocycles. The van der Waals surface area contributed by atoms with Gasteiger partial charge < -0.3 is 15.1 Å². The smallest absolute Gasteiger partial charge is 0.254 e. The Balaban J connectivity index is 2.03. The summed E-state index contributed by atoms with van der Waals surface area (Å²) in [5, 5.41) is 20.9. The molecule has 5 heteroatoms. The molecule has 106 valence electrons. The zero-order valence-electron chi connectivity index (χ0n) is 11.4. The predicted octanol–water partition coefficient (Wildman–Crippen LogP) is 1.69. The van der Waals surface area contributed by atoms with Gasteiger partial charge in [-0.05, 0) is 18.4 Å². The molecule has 0 unspecified atom stereocenters. The topological polar surface area (TPSA) is 60.8 Å². The molecule has 1 saturated heterocycles. The minimum Gasteiger partial charge on any atom is -0.396 e. The summed E-state index contributed by atoms with van der Waals surface area (Å²) in [6.07, 6.45) is 0.0378. The number of carbonyl (C=O) groups is 1. The Bertz CT molecular complexity index is 444. The van der Waals surface area contributed by atoms with Crippen molar-refractivity contribution >= 4 is 17.2 Å². The van der Waals surface area contributed by atoms with Crippen LogP contribution in [0.1, 0.15) is 41.4 Å². The lowest BCUT2D eigenvalue weighted by Crippen LogP contribution is -2.47. The monoisotopic (exact) mass is 283 g/mol. The van der Waals surface area contributed by atoms with E-state index in [0.29, 0.717) is 31.0 Å². The summed E-state index contributed by atoms with van der Waals surface area (Å²) < 4.78 is 0. The highest BCUT2D eigenvalue weighted by Crippen LogP contribution is 2.25. The van der Waals surface area contributed by atoms with Crippen molar-refractivity contribution in [3.05, 3.63) is 21.9 Å². The highest BCUT2D eigenvalue weighted by atomic mass is 32.1. The van der Waals surface area contributed by atoms with Crippen LogP contribution in [0.25, 0.3) is 0 Å². The van der Waals surface area contributed by atoms with Crippen molar-refractivity contribution in [2.24, 2.45) is 5.92 Å². The Labute approximate surface area is 117 Å². The predicted molar refractivity (Wildman–Crippen MR) is 75.5 cm³/mol. The van der Waals surface area contributed by atoms with Crippen LogP contribution in [0.15, 0.2) is 11.4 Å². The first kappa shape index (κ1) is 14.5. The number of aliphatic hydroxyl groups excluding tert-OH is 2. The van der Waals surface area contributed by atoms with Gasteiger partial charge in [0.15, 0.2) is 0 Å². The van der Waals surface area contributed by atoms with Gasteiger partial charge in [0.2, 0.25) is 0 Å². The van der Waals surface area contributed by atoms with E-state index in [9.17, 15) is 9.90 Å². The van der Waals surface area contributed by atoms with Crippen molar-refractivity contribution < 1.29 is 15.0 Å². The number of thiophene rings is 1. The number of hydrogen-bond donors (Lipinski definition) is 2. The van der Waals surface area contributed by atoms with Crippen LogP contribution in [0.2, 0.25) is 0 Å². The molecule has 0 spiro atoms. The summed E-state index contributed by atoms with van der Waals surface area (Å²) in [6, 6.07) is 1.95. The van der Waals surface area contributed by atoms with Gasteiger partial charge in [0.05, 0.1) is 11.7 Å². The molecule has 0 aromatic carbocycles. The number of piperidine rings is 1. The van der Waals surface area contributed by atoms with Gasteiger partial charge >= 0.3 is 0 Å². The second-order valence-corrected chi connectivity index (χ2v) is 6.39. The third-order valence-electron chi connectivity index (χ3n) is 3.68. The molecule has 0 bridgehead atoms. The van der Waals surface area contributed by atoms with Crippen LogP contribution in [-0.4, -0.2) is 46.8 Å². The molecule has 2 rings (SSSR count). The van der Waals surface area contributed by atoms with Crippen molar-refractivity contribution in [2.45, 2.75) is 32.3 Å². The number of amides is 1. The first-order chi connectivity index (χ1) is 9.02. The first-order valence-corrected chi connectivity index (χ1v) is 7.57. The standard InChI is InChI=1S/C14H21NO3S/c1-9(2)13-5-11(8-19-13)14(18)15-4-3-10(7-16)12(17)6-15/h5,8-10,12,16-17H,3-4,6-7H2,1-2H3/t10-,12-/m0/s1. The molecule has 19 heavy (non-hydrogen) atoms. The second kappa shape index (κ2) is 6.03. The quantitative estimate of drug-likeness (QED) is 0.887. The SMILES string of the molecule is CC(C)c1cc(C(=O)N2CC[C@@H](CO)[C@@H](O)C2)cs1. The van der Waals surface area contributed by atoms with E-state index in [1.54, 1.807) is 16.2 Å². The molecule has 2 N–H and O–H groups in total. The van der Waals surface area contributed by atoms with Crippen molar-refractivity contribution in [1.29, 1.82) is 0 Å². The Morgan fingerprint density at radius 3 is 2.84 bits per heavy atom. The first-order valence-electron chi connectivity index (χ1n) is 6.69. The average molecular weight is 283 g/mol.